The number of ether oxygens (including phenoxy) is 1. The second-order valence-corrected chi connectivity index (χ2v) is 7.04. The fourth-order valence-electron chi connectivity index (χ4n) is 3.03. The molecule has 0 heterocycles. The van der Waals surface area contributed by atoms with E-state index >= 15 is 0 Å². The van der Waals surface area contributed by atoms with Crippen LogP contribution in [0.2, 0.25) is 0 Å². The Morgan fingerprint density at radius 2 is 1.64 bits per heavy atom. The minimum absolute atomic E-state index is 0.0560. The number of hydrogen-bond acceptors (Lipinski definition) is 2. The zero-order chi connectivity index (χ0) is 18.6. The van der Waals surface area contributed by atoms with E-state index in [-0.39, 0.29) is 11.9 Å². The van der Waals surface area contributed by atoms with Crippen LogP contribution in [0.5, 0.6) is 5.75 Å². The molecule has 3 heteroatoms. The molecule has 0 saturated carbocycles. The molecule has 2 rings (SSSR count). The summed E-state index contributed by atoms with van der Waals surface area (Å²) >= 11 is 0. The van der Waals surface area contributed by atoms with Crippen molar-refractivity contribution in [2.45, 2.75) is 59.6 Å². The van der Waals surface area contributed by atoms with Crippen molar-refractivity contribution in [2.24, 2.45) is 0 Å². The molecule has 0 bridgehead atoms. The van der Waals surface area contributed by atoms with Crippen LogP contribution in [-0.2, 0) is 4.79 Å². The quantitative estimate of drug-likeness (QED) is 0.798. The van der Waals surface area contributed by atoms with E-state index in [1.54, 1.807) is 6.92 Å². The standard InChI is InChI=1S/C22H29NO2/c1-14(2)19-9-7-8-10-21(19)25-18(6)22(24)23-17(5)20-12-11-15(3)13-16(20)4/h7-14,17-18H,1-6H3,(H,23,24)/t17-,18-/m1/s1. The Hall–Kier alpha value is -2.29. The molecular formula is C22H29NO2. The molecule has 0 aliphatic heterocycles. The highest BCUT2D eigenvalue weighted by Crippen LogP contribution is 2.27. The number of rotatable bonds is 6. The first-order valence-corrected chi connectivity index (χ1v) is 8.92. The van der Waals surface area contributed by atoms with Gasteiger partial charge in [0, 0.05) is 0 Å². The number of benzene rings is 2. The molecule has 2 aromatic carbocycles. The van der Waals surface area contributed by atoms with Crippen LogP contribution in [0, 0.1) is 13.8 Å². The van der Waals surface area contributed by atoms with Crippen LogP contribution in [0.4, 0.5) is 0 Å². The normalized spacial score (nSPS) is 13.4. The largest absolute Gasteiger partial charge is 0.481 e. The van der Waals surface area contributed by atoms with Crippen molar-refractivity contribution in [1.29, 1.82) is 0 Å². The smallest absolute Gasteiger partial charge is 0.261 e. The third-order valence-corrected chi connectivity index (χ3v) is 4.46. The Balaban J connectivity index is 2.05. The third kappa shape index (κ3) is 4.85. The van der Waals surface area contributed by atoms with Gasteiger partial charge in [-0.05, 0) is 56.4 Å². The lowest BCUT2D eigenvalue weighted by atomic mass is 10.00. The molecule has 0 aliphatic carbocycles. The maximum Gasteiger partial charge on any atom is 0.261 e. The Morgan fingerprint density at radius 1 is 0.960 bits per heavy atom. The molecule has 1 N–H and O–H groups in total. The summed E-state index contributed by atoms with van der Waals surface area (Å²) in [6.45, 7) is 12.2. The Morgan fingerprint density at radius 3 is 2.28 bits per heavy atom. The average Bonchev–Trinajstić information content (AvgIpc) is 2.54. The first-order valence-electron chi connectivity index (χ1n) is 8.92. The van der Waals surface area contributed by atoms with Gasteiger partial charge in [-0.15, -0.1) is 0 Å². The van der Waals surface area contributed by atoms with E-state index in [4.69, 9.17) is 4.74 Å². The maximum absolute atomic E-state index is 12.6. The highest BCUT2D eigenvalue weighted by atomic mass is 16.5. The Bertz CT molecular complexity index is 737. The molecular weight excluding hydrogens is 310 g/mol. The molecule has 25 heavy (non-hydrogen) atoms. The zero-order valence-electron chi connectivity index (χ0n) is 16.1. The van der Waals surface area contributed by atoms with E-state index in [0.717, 1.165) is 16.9 Å². The van der Waals surface area contributed by atoms with Gasteiger partial charge < -0.3 is 10.1 Å². The van der Waals surface area contributed by atoms with Gasteiger partial charge in [0.1, 0.15) is 5.75 Å². The molecule has 0 aromatic heterocycles. The summed E-state index contributed by atoms with van der Waals surface area (Å²) in [7, 11) is 0. The summed E-state index contributed by atoms with van der Waals surface area (Å²) in [5, 5.41) is 3.06. The van der Waals surface area contributed by atoms with Gasteiger partial charge in [0.25, 0.3) is 5.91 Å². The first kappa shape index (κ1) is 19.0. The van der Waals surface area contributed by atoms with Crippen molar-refractivity contribution in [1.82, 2.24) is 5.32 Å². The monoisotopic (exact) mass is 339 g/mol. The van der Waals surface area contributed by atoms with E-state index in [9.17, 15) is 4.79 Å². The second-order valence-electron chi connectivity index (χ2n) is 7.04. The van der Waals surface area contributed by atoms with Gasteiger partial charge in [-0.1, -0.05) is 55.8 Å². The van der Waals surface area contributed by atoms with E-state index in [1.807, 2.05) is 31.2 Å². The predicted molar refractivity (Wildman–Crippen MR) is 103 cm³/mol. The fourth-order valence-corrected chi connectivity index (χ4v) is 3.03. The summed E-state index contributed by atoms with van der Waals surface area (Å²) < 4.78 is 5.94. The fraction of sp³-hybridized carbons (Fsp3) is 0.409. The molecule has 2 aromatic rings. The molecule has 1 amide bonds. The van der Waals surface area contributed by atoms with Crippen molar-refractivity contribution < 1.29 is 9.53 Å². The average molecular weight is 339 g/mol. The number of aryl methyl sites for hydroxylation is 2. The van der Waals surface area contributed by atoms with Crippen LogP contribution < -0.4 is 10.1 Å². The lowest BCUT2D eigenvalue weighted by Crippen LogP contribution is -2.38. The van der Waals surface area contributed by atoms with Crippen molar-refractivity contribution in [3.8, 4) is 5.75 Å². The lowest BCUT2D eigenvalue weighted by Gasteiger charge is -2.22. The van der Waals surface area contributed by atoms with Crippen molar-refractivity contribution in [3.05, 3.63) is 64.7 Å². The van der Waals surface area contributed by atoms with Gasteiger partial charge in [0.15, 0.2) is 6.10 Å². The van der Waals surface area contributed by atoms with Crippen LogP contribution in [0.1, 0.15) is 61.9 Å². The molecule has 0 fully saturated rings. The minimum atomic E-state index is -0.548. The van der Waals surface area contributed by atoms with E-state index in [2.05, 4.69) is 51.2 Å². The number of nitrogens with one attached hydrogen (secondary N) is 1. The molecule has 0 radical (unpaired) electrons. The van der Waals surface area contributed by atoms with Gasteiger partial charge in [-0.25, -0.2) is 0 Å². The second kappa shape index (κ2) is 8.19. The number of carbonyl (C=O) groups is 1. The van der Waals surface area contributed by atoms with Gasteiger partial charge >= 0.3 is 0 Å². The maximum atomic E-state index is 12.6. The van der Waals surface area contributed by atoms with Gasteiger partial charge in [0.05, 0.1) is 6.04 Å². The SMILES string of the molecule is Cc1ccc([C@@H](C)NC(=O)[C@@H](C)Oc2ccccc2C(C)C)c(C)c1. The Labute approximate surface area is 151 Å². The number of hydrogen-bond donors (Lipinski definition) is 1. The van der Waals surface area contributed by atoms with Crippen molar-refractivity contribution in [3.63, 3.8) is 0 Å². The predicted octanol–water partition coefficient (Wildman–Crippen LogP) is 5.07. The van der Waals surface area contributed by atoms with Crippen molar-refractivity contribution >= 4 is 5.91 Å². The van der Waals surface area contributed by atoms with Crippen LogP contribution in [-0.4, -0.2) is 12.0 Å². The summed E-state index contributed by atoms with van der Waals surface area (Å²) in [4.78, 5) is 12.6. The van der Waals surface area contributed by atoms with Gasteiger partial charge in [-0.2, -0.15) is 0 Å². The highest BCUT2D eigenvalue weighted by molar-refractivity contribution is 5.81. The van der Waals surface area contributed by atoms with E-state index in [1.165, 1.54) is 11.1 Å². The molecule has 0 unspecified atom stereocenters. The number of carbonyl (C=O) groups excluding carboxylic acids is 1. The molecule has 0 spiro atoms. The molecule has 134 valence electrons. The molecule has 2 atom stereocenters. The molecule has 0 aliphatic rings. The van der Waals surface area contributed by atoms with E-state index < -0.39 is 6.10 Å². The number of para-hydroxylation sites is 1. The van der Waals surface area contributed by atoms with Crippen LogP contribution in [0.3, 0.4) is 0 Å². The highest BCUT2D eigenvalue weighted by Gasteiger charge is 2.20. The third-order valence-electron chi connectivity index (χ3n) is 4.46. The lowest BCUT2D eigenvalue weighted by molar-refractivity contribution is -0.127. The van der Waals surface area contributed by atoms with Crippen LogP contribution in [0.25, 0.3) is 0 Å². The molecule has 0 saturated heterocycles. The van der Waals surface area contributed by atoms with Gasteiger partial charge in [-0.3, -0.25) is 4.79 Å². The van der Waals surface area contributed by atoms with Gasteiger partial charge in [0.2, 0.25) is 0 Å². The van der Waals surface area contributed by atoms with Crippen molar-refractivity contribution in [2.75, 3.05) is 0 Å². The zero-order valence-corrected chi connectivity index (χ0v) is 16.1. The summed E-state index contributed by atoms with van der Waals surface area (Å²) in [5.74, 6) is 1.02. The van der Waals surface area contributed by atoms with Crippen LogP contribution >= 0.6 is 0 Å². The number of amides is 1. The Kier molecular flexibility index (Phi) is 6.24. The topological polar surface area (TPSA) is 38.3 Å². The first-order chi connectivity index (χ1) is 11.8. The minimum Gasteiger partial charge on any atom is -0.481 e. The van der Waals surface area contributed by atoms with Crippen LogP contribution in [0.15, 0.2) is 42.5 Å². The summed E-state index contributed by atoms with van der Waals surface area (Å²) in [6.07, 6.45) is -0.548. The molecule has 3 nitrogen and oxygen atoms in total. The van der Waals surface area contributed by atoms with E-state index in [0.29, 0.717) is 5.92 Å². The summed E-state index contributed by atoms with van der Waals surface area (Å²) in [6, 6.07) is 14.1. The summed E-state index contributed by atoms with van der Waals surface area (Å²) in [5.41, 5.74) is 4.66.